The highest BCUT2D eigenvalue weighted by Crippen LogP contribution is 2.45. The molecule has 0 bridgehead atoms. The Morgan fingerprint density at radius 1 is 1.08 bits per heavy atom. The van der Waals surface area contributed by atoms with E-state index < -0.39 is 18.1 Å². The zero-order valence-electron chi connectivity index (χ0n) is 27.8. The second kappa shape index (κ2) is 14.6. The second-order valence-electron chi connectivity index (χ2n) is 12.6. The van der Waals surface area contributed by atoms with Crippen molar-refractivity contribution in [3.63, 3.8) is 0 Å². The minimum absolute atomic E-state index is 0.103. The number of aliphatic hydroxyl groups is 1. The van der Waals surface area contributed by atoms with Crippen molar-refractivity contribution in [3.8, 4) is 39.8 Å². The first-order chi connectivity index (χ1) is 23.6. The maximum Gasteiger partial charge on any atom is 0.326 e. The van der Waals surface area contributed by atoms with Gasteiger partial charge in [0.15, 0.2) is 0 Å². The highest BCUT2D eigenvalue weighted by atomic mass is 79.9. The van der Waals surface area contributed by atoms with Crippen molar-refractivity contribution in [3.05, 3.63) is 92.4 Å². The molecule has 2 heterocycles. The molecule has 1 aliphatic heterocycles. The van der Waals surface area contributed by atoms with Gasteiger partial charge in [0, 0.05) is 41.9 Å². The Bertz CT molecular complexity index is 1880. The summed E-state index contributed by atoms with van der Waals surface area (Å²) in [6, 6.07) is 20.4. The first-order valence-electron chi connectivity index (χ1n) is 16.1. The fourth-order valence-corrected chi connectivity index (χ4v) is 7.37. The third kappa shape index (κ3) is 6.88. The molecule has 3 atom stereocenters. The van der Waals surface area contributed by atoms with E-state index in [2.05, 4.69) is 79.9 Å². The molecule has 6 rings (SSSR count). The summed E-state index contributed by atoms with van der Waals surface area (Å²) in [5.74, 6) is 0.314. The topological polar surface area (TPSA) is 125 Å². The van der Waals surface area contributed by atoms with Crippen LogP contribution in [0.3, 0.4) is 0 Å². The maximum absolute atomic E-state index is 11.6. The first-order valence-corrected chi connectivity index (χ1v) is 17.3. The minimum atomic E-state index is -1.51. The molecule has 2 aliphatic rings. The standard InChI is InChI=1S/C37H40BrClN4O6/c1-37(20-44,36(45)46)41-19-22-17-29(38)35(42-34(22)48-4)49-30-14-13-25-24(8-6-9-26(25)30)27-10-5-7-23(32(27)39)21-11-12-28(31(18-21)47-3)33-40-15-16-43(33)2/h5-12,17-18,30,33,40-41,44H,13-16,19-20H2,1-4H3,(H,45,46)/t30-,33?,37?/m0/s1. The number of carbonyl (C=O) groups is 1. The molecule has 4 N–H and O–H groups in total. The van der Waals surface area contributed by atoms with Crippen LogP contribution in [-0.4, -0.2) is 72.6 Å². The lowest BCUT2D eigenvalue weighted by Gasteiger charge is -2.24. The molecule has 4 aromatic rings. The Hall–Kier alpha value is -3.71. The number of hydrogen-bond donors (Lipinski definition) is 4. The fourth-order valence-electron chi connectivity index (χ4n) is 6.57. The van der Waals surface area contributed by atoms with Gasteiger partial charge in [0.25, 0.3) is 0 Å². The third-order valence-electron chi connectivity index (χ3n) is 9.47. The van der Waals surface area contributed by atoms with Gasteiger partial charge in [-0.2, -0.15) is 4.98 Å². The predicted octanol–water partition coefficient (Wildman–Crippen LogP) is 6.37. The Morgan fingerprint density at radius 3 is 2.53 bits per heavy atom. The van der Waals surface area contributed by atoms with Crippen LogP contribution in [0.1, 0.15) is 47.9 Å². The molecule has 12 heteroatoms. The molecule has 3 aromatic carbocycles. The average Bonchev–Trinajstić information content (AvgIpc) is 3.73. The molecule has 258 valence electrons. The van der Waals surface area contributed by atoms with Crippen molar-refractivity contribution < 1.29 is 29.2 Å². The van der Waals surface area contributed by atoms with Crippen molar-refractivity contribution in [2.45, 2.75) is 44.1 Å². The molecule has 1 aliphatic carbocycles. The van der Waals surface area contributed by atoms with Gasteiger partial charge in [0.1, 0.15) is 17.4 Å². The number of methoxy groups -OCH3 is 2. The molecule has 0 amide bonds. The summed E-state index contributed by atoms with van der Waals surface area (Å²) in [7, 11) is 5.30. The average molecular weight is 752 g/mol. The van der Waals surface area contributed by atoms with Crippen molar-refractivity contribution in [1.29, 1.82) is 0 Å². The van der Waals surface area contributed by atoms with Crippen LogP contribution in [0.2, 0.25) is 5.02 Å². The van der Waals surface area contributed by atoms with Crippen molar-refractivity contribution >= 4 is 33.5 Å². The summed E-state index contributed by atoms with van der Waals surface area (Å²) in [6.45, 7) is 2.86. The van der Waals surface area contributed by atoms with Crippen LogP contribution in [0.5, 0.6) is 17.5 Å². The largest absolute Gasteiger partial charge is 0.496 e. The number of pyridine rings is 1. The molecule has 1 aromatic heterocycles. The van der Waals surface area contributed by atoms with E-state index in [1.807, 2.05) is 18.2 Å². The highest BCUT2D eigenvalue weighted by Gasteiger charge is 2.33. The number of carboxylic acid groups (broad SMARTS) is 1. The van der Waals surface area contributed by atoms with E-state index in [0.717, 1.165) is 65.1 Å². The number of rotatable bonds is 12. The van der Waals surface area contributed by atoms with E-state index in [1.54, 1.807) is 13.2 Å². The van der Waals surface area contributed by atoms with Crippen LogP contribution in [0.4, 0.5) is 0 Å². The molecule has 1 fully saturated rings. The number of aliphatic carboxylic acids is 1. The van der Waals surface area contributed by atoms with Crippen molar-refractivity contribution in [2.24, 2.45) is 0 Å². The van der Waals surface area contributed by atoms with Gasteiger partial charge in [-0.3, -0.25) is 20.3 Å². The summed E-state index contributed by atoms with van der Waals surface area (Å²) in [6.07, 6.45) is 1.40. The molecule has 1 saturated heterocycles. The number of halogens is 2. The summed E-state index contributed by atoms with van der Waals surface area (Å²) >= 11 is 10.8. The first kappa shape index (κ1) is 35.1. The van der Waals surface area contributed by atoms with E-state index in [-0.39, 0.29) is 18.8 Å². The summed E-state index contributed by atoms with van der Waals surface area (Å²) in [5, 5.41) is 26.2. The normalized spacial score (nSPS) is 18.6. The maximum atomic E-state index is 11.6. The lowest BCUT2D eigenvalue weighted by atomic mass is 9.93. The number of nitrogens with zero attached hydrogens (tertiary/aromatic N) is 2. The molecular formula is C37H40BrClN4O6. The number of hydrogen-bond acceptors (Lipinski definition) is 9. The summed E-state index contributed by atoms with van der Waals surface area (Å²) < 4.78 is 18.5. The Morgan fingerprint density at radius 2 is 1.84 bits per heavy atom. The molecule has 49 heavy (non-hydrogen) atoms. The predicted molar refractivity (Wildman–Crippen MR) is 192 cm³/mol. The van der Waals surface area contributed by atoms with Gasteiger partial charge < -0.3 is 24.4 Å². The zero-order valence-corrected chi connectivity index (χ0v) is 30.2. The number of nitrogens with one attached hydrogen (secondary N) is 2. The van der Waals surface area contributed by atoms with Crippen LogP contribution in [-0.2, 0) is 17.8 Å². The summed E-state index contributed by atoms with van der Waals surface area (Å²) in [5.41, 5.74) is 6.36. The van der Waals surface area contributed by atoms with Crippen LogP contribution < -0.4 is 24.8 Å². The monoisotopic (exact) mass is 750 g/mol. The van der Waals surface area contributed by atoms with E-state index in [4.69, 9.17) is 25.8 Å². The zero-order chi connectivity index (χ0) is 34.9. The number of carboxylic acids is 1. The van der Waals surface area contributed by atoms with Crippen LogP contribution in [0.25, 0.3) is 22.3 Å². The fraction of sp³-hybridized carbons (Fsp3) is 0.351. The van der Waals surface area contributed by atoms with E-state index in [9.17, 15) is 15.0 Å². The molecule has 0 radical (unpaired) electrons. The third-order valence-corrected chi connectivity index (χ3v) is 10.4. The van der Waals surface area contributed by atoms with Crippen LogP contribution in [0, 0.1) is 0 Å². The lowest BCUT2D eigenvalue weighted by molar-refractivity contribution is -0.145. The van der Waals surface area contributed by atoms with E-state index in [0.29, 0.717) is 26.8 Å². The van der Waals surface area contributed by atoms with Crippen molar-refractivity contribution in [2.75, 3.05) is 41.0 Å². The Labute approximate surface area is 299 Å². The summed E-state index contributed by atoms with van der Waals surface area (Å²) in [4.78, 5) is 18.5. The second-order valence-corrected chi connectivity index (χ2v) is 13.8. The lowest BCUT2D eigenvalue weighted by Crippen LogP contribution is -2.52. The molecular weight excluding hydrogens is 712 g/mol. The Balaban J connectivity index is 1.26. The quantitative estimate of drug-likeness (QED) is 0.130. The van der Waals surface area contributed by atoms with Crippen molar-refractivity contribution in [1.82, 2.24) is 20.5 Å². The van der Waals surface area contributed by atoms with Gasteiger partial charge in [-0.25, -0.2) is 0 Å². The highest BCUT2D eigenvalue weighted by molar-refractivity contribution is 9.10. The van der Waals surface area contributed by atoms with Gasteiger partial charge in [-0.05, 0) is 77.1 Å². The van der Waals surface area contributed by atoms with Crippen LogP contribution in [0.15, 0.2) is 65.1 Å². The number of benzene rings is 3. The minimum Gasteiger partial charge on any atom is -0.496 e. The number of fused-ring (bicyclic) bond motifs is 1. The van der Waals surface area contributed by atoms with Gasteiger partial charge in [-0.1, -0.05) is 60.1 Å². The van der Waals surface area contributed by atoms with Gasteiger partial charge in [-0.15, -0.1) is 0 Å². The molecule has 0 saturated carbocycles. The smallest absolute Gasteiger partial charge is 0.326 e. The number of aliphatic hydroxyl groups excluding tert-OH is 1. The van der Waals surface area contributed by atoms with Gasteiger partial charge >= 0.3 is 5.97 Å². The van der Waals surface area contributed by atoms with Gasteiger partial charge in [0.05, 0.1) is 36.5 Å². The molecule has 0 spiro atoms. The van der Waals surface area contributed by atoms with E-state index >= 15 is 0 Å². The SMILES string of the molecule is COc1cc(-c2cccc(-c3cccc4c3CC[C@@H]4Oc3nc(OC)c(CNC(C)(CO)C(=O)O)cc3Br)c2Cl)ccc1C1NCCN1C. The number of ether oxygens (including phenoxy) is 3. The Kier molecular flexibility index (Phi) is 10.5. The molecule has 10 nitrogen and oxygen atoms in total. The molecule has 2 unspecified atom stereocenters. The number of aromatic nitrogens is 1. The van der Waals surface area contributed by atoms with E-state index in [1.165, 1.54) is 19.6 Å². The number of likely N-dealkylation sites (N-methyl/N-ethyl adjacent to an activating group) is 1. The van der Waals surface area contributed by atoms with Gasteiger partial charge in [0.2, 0.25) is 11.8 Å². The van der Waals surface area contributed by atoms with Crippen LogP contribution >= 0.6 is 27.5 Å².